The molecule has 0 spiro atoms. The van der Waals surface area contributed by atoms with Crippen LogP contribution in [0.3, 0.4) is 0 Å². The van der Waals surface area contributed by atoms with Crippen molar-refractivity contribution in [2.75, 3.05) is 6.61 Å². The molecule has 1 heterocycles. The molecule has 0 saturated carbocycles. The van der Waals surface area contributed by atoms with Crippen LogP contribution in [0, 0.1) is 5.92 Å². The number of hydrogen-bond acceptors (Lipinski definition) is 5. The third-order valence-corrected chi connectivity index (χ3v) is 3.44. The van der Waals surface area contributed by atoms with Crippen molar-refractivity contribution in [1.29, 1.82) is 0 Å². The summed E-state index contributed by atoms with van der Waals surface area (Å²) in [5.74, 6) is -0.356. The molecule has 0 saturated heterocycles. The quantitative estimate of drug-likeness (QED) is 0.778. The van der Waals surface area contributed by atoms with Crippen molar-refractivity contribution < 1.29 is 17.9 Å². The lowest BCUT2D eigenvalue weighted by molar-refractivity contribution is 0.0521. The van der Waals surface area contributed by atoms with Crippen LogP contribution in [-0.2, 0) is 21.3 Å². The van der Waals surface area contributed by atoms with Crippen molar-refractivity contribution in [3.8, 4) is 0 Å². The van der Waals surface area contributed by atoms with Gasteiger partial charge >= 0.3 is 5.97 Å². The maximum atomic E-state index is 11.7. The minimum atomic E-state index is -4.03. The number of carbonyl (C=O) groups is 1. The lowest BCUT2D eigenvalue weighted by atomic mass is 10.1. The van der Waals surface area contributed by atoms with E-state index in [1.807, 2.05) is 13.8 Å². The maximum absolute atomic E-state index is 11.7. The Labute approximate surface area is 112 Å². The van der Waals surface area contributed by atoms with Crippen LogP contribution in [0.4, 0.5) is 0 Å². The van der Waals surface area contributed by atoms with Gasteiger partial charge in [-0.3, -0.25) is 4.68 Å². The summed E-state index contributed by atoms with van der Waals surface area (Å²) in [5, 5.41) is 8.78. The Bertz CT molecular complexity index is 548. The second kappa shape index (κ2) is 6.16. The molecule has 0 atom stereocenters. The van der Waals surface area contributed by atoms with Gasteiger partial charge in [-0.15, -0.1) is 0 Å². The molecule has 0 amide bonds. The minimum absolute atomic E-state index is 0.117. The van der Waals surface area contributed by atoms with Crippen LogP contribution in [-0.4, -0.2) is 30.8 Å². The van der Waals surface area contributed by atoms with Crippen LogP contribution < -0.4 is 5.14 Å². The van der Waals surface area contributed by atoms with Crippen molar-refractivity contribution in [1.82, 2.24) is 9.78 Å². The van der Waals surface area contributed by atoms with Gasteiger partial charge in [0.15, 0.2) is 5.03 Å². The Morgan fingerprint density at radius 1 is 1.53 bits per heavy atom. The smallest absolute Gasteiger partial charge is 0.342 e. The van der Waals surface area contributed by atoms with Crippen molar-refractivity contribution in [2.24, 2.45) is 11.1 Å². The number of esters is 1. The van der Waals surface area contributed by atoms with Gasteiger partial charge in [-0.25, -0.2) is 18.4 Å². The van der Waals surface area contributed by atoms with E-state index in [0.29, 0.717) is 12.5 Å². The number of rotatable bonds is 6. The third kappa shape index (κ3) is 4.03. The first-order valence-electron chi connectivity index (χ1n) is 6.03. The number of aryl methyl sites for hydroxylation is 1. The SMILES string of the molecule is CCOC(=O)c1cnn(CCC(C)C)c1S(N)(=O)=O. The van der Waals surface area contributed by atoms with Crippen molar-refractivity contribution in [3.05, 3.63) is 11.8 Å². The van der Waals surface area contributed by atoms with Gasteiger partial charge in [-0.2, -0.15) is 5.10 Å². The minimum Gasteiger partial charge on any atom is -0.462 e. The van der Waals surface area contributed by atoms with Crippen molar-refractivity contribution in [3.63, 3.8) is 0 Å². The zero-order valence-electron chi connectivity index (χ0n) is 11.3. The van der Waals surface area contributed by atoms with Crippen LogP contribution in [0.15, 0.2) is 11.2 Å². The van der Waals surface area contributed by atoms with Crippen LogP contribution in [0.2, 0.25) is 0 Å². The second-order valence-corrected chi connectivity index (χ2v) is 6.01. The van der Waals surface area contributed by atoms with Crippen LogP contribution in [0.25, 0.3) is 0 Å². The highest BCUT2D eigenvalue weighted by Crippen LogP contribution is 2.16. The Kier molecular flexibility index (Phi) is 5.07. The van der Waals surface area contributed by atoms with E-state index in [4.69, 9.17) is 9.88 Å². The van der Waals surface area contributed by atoms with Gasteiger partial charge < -0.3 is 4.74 Å². The first-order valence-corrected chi connectivity index (χ1v) is 7.57. The van der Waals surface area contributed by atoms with Crippen molar-refractivity contribution >= 4 is 16.0 Å². The summed E-state index contributed by atoms with van der Waals surface area (Å²) in [6.07, 6.45) is 1.91. The molecule has 0 aromatic carbocycles. The van der Waals surface area contributed by atoms with E-state index in [1.54, 1.807) is 6.92 Å². The van der Waals surface area contributed by atoms with Gasteiger partial charge in [0.05, 0.1) is 12.8 Å². The highest BCUT2D eigenvalue weighted by atomic mass is 32.2. The fraction of sp³-hybridized carbons (Fsp3) is 0.636. The predicted octanol–water partition coefficient (Wildman–Crippen LogP) is 0.753. The molecular weight excluding hydrogens is 270 g/mol. The fourth-order valence-electron chi connectivity index (χ4n) is 1.56. The number of aromatic nitrogens is 2. The molecule has 8 heteroatoms. The first-order chi connectivity index (χ1) is 8.77. The van der Waals surface area contributed by atoms with E-state index in [0.717, 1.165) is 6.42 Å². The Balaban J connectivity index is 3.17. The summed E-state index contributed by atoms with van der Waals surface area (Å²) in [4.78, 5) is 11.7. The molecule has 19 heavy (non-hydrogen) atoms. The fourth-order valence-corrected chi connectivity index (χ4v) is 2.44. The molecule has 108 valence electrons. The van der Waals surface area contributed by atoms with E-state index in [2.05, 4.69) is 5.10 Å². The molecule has 2 N–H and O–H groups in total. The van der Waals surface area contributed by atoms with Gasteiger partial charge in [0, 0.05) is 6.54 Å². The number of ether oxygens (including phenoxy) is 1. The molecule has 1 aromatic heterocycles. The van der Waals surface area contributed by atoms with E-state index in [9.17, 15) is 13.2 Å². The summed E-state index contributed by atoms with van der Waals surface area (Å²) in [7, 11) is -4.03. The average Bonchev–Trinajstić information content (AvgIpc) is 2.70. The largest absolute Gasteiger partial charge is 0.462 e. The van der Waals surface area contributed by atoms with Gasteiger partial charge in [0.25, 0.3) is 10.0 Å². The van der Waals surface area contributed by atoms with Gasteiger partial charge in [0.2, 0.25) is 0 Å². The number of nitrogens with two attached hydrogens (primary N) is 1. The topological polar surface area (TPSA) is 104 Å². The van der Waals surface area contributed by atoms with Crippen LogP contribution in [0.5, 0.6) is 0 Å². The predicted molar refractivity (Wildman–Crippen MR) is 69.0 cm³/mol. The van der Waals surface area contributed by atoms with Crippen molar-refractivity contribution in [2.45, 2.75) is 38.8 Å². The standard InChI is InChI=1S/C11H19N3O4S/c1-4-18-11(15)9-7-13-14(6-5-8(2)3)10(9)19(12,16)17/h7-8H,4-6H2,1-3H3,(H2,12,16,17). The molecule has 0 aliphatic heterocycles. The highest BCUT2D eigenvalue weighted by Gasteiger charge is 2.26. The van der Waals surface area contributed by atoms with E-state index in [-0.39, 0.29) is 17.2 Å². The molecule has 0 radical (unpaired) electrons. The normalized spacial score (nSPS) is 11.8. The lowest BCUT2D eigenvalue weighted by Crippen LogP contribution is -2.22. The molecule has 0 unspecified atom stereocenters. The molecular formula is C11H19N3O4S. The zero-order valence-corrected chi connectivity index (χ0v) is 12.1. The number of hydrogen-bond donors (Lipinski definition) is 1. The molecule has 7 nitrogen and oxygen atoms in total. The number of sulfonamides is 1. The highest BCUT2D eigenvalue weighted by molar-refractivity contribution is 7.89. The molecule has 0 aliphatic rings. The zero-order chi connectivity index (χ0) is 14.6. The monoisotopic (exact) mass is 289 g/mol. The molecule has 1 aromatic rings. The third-order valence-electron chi connectivity index (χ3n) is 2.47. The summed E-state index contributed by atoms with van der Waals surface area (Å²) < 4.78 is 29.2. The summed E-state index contributed by atoms with van der Waals surface area (Å²) in [6, 6.07) is 0. The lowest BCUT2D eigenvalue weighted by Gasteiger charge is -2.09. The van der Waals surface area contributed by atoms with E-state index < -0.39 is 16.0 Å². The van der Waals surface area contributed by atoms with Crippen LogP contribution in [0.1, 0.15) is 37.6 Å². The number of primary sulfonamides is 1. The average molecular weight is 289 g/mol. The second-order valence-electron chi connectivity index (χ2n) is 4.53. The summed E-state index contributed by atoms with van der Waals surface area (Å²) in [5.41, 5.74) is -0.117. The Hall–Kier alpha value is -1.41. The first kappa shape index (κ1) is 15.6. The van der Waals surface area contributed by atoms with Gasteiger partial charge in [-0.05, 0) is 19.3 Å². The molecule has 0 fully saturated rings. The molecule has 1 rings (SSSR count). The molecule has 0 bridgehead atoms. The van der Waals surface area contributed by atoms with E-state index in [1.165, 1.54) is 10.9 Å². The number of nitrogens with zero attached hydrogens (tertiary/aromatic N) is 2. The van der Waals surface area contributed by atoms with E-state index >= 15 is 0 Å². The van der Waals surface area contributed by atoms with Gasteiger partial charge in [0.1, 0.15) is 5.56 Å². The number of carbonyl (C=O) groups excluding carboxylic acids is 1. The molecule has 0 aliphatic carbocycles. The Morgan fingerprint density at radius 2 is 2.16 bits per heavy atom. The van der Waals surface area contributed by atoms with Gasteiger partial charge in [-0.1, -0.05) is 13.8 Å². The summed E-state index contributed by atoms with van der Waals surface area (Å²) in [6.45, 7) is 6.18. The Morgan fingerprint density at radius 3 is 2.63 bits per heavy atom. The van der Waals surface area contributed by atoms with Crippen LogP contribution >= 0.6 is 0 Å². The maximum Gasteiger partial charge on any atom is 0.342 e. The summed E-state index contributed by atoms with van der Waals surface area (Å²) >= 11 is 0.